The molecule has 0 fully saturated rings. The molecule has 2 unspecified atom stereocenters. The summed E-state index contributed by atoms with van der Waals surface area (Å²) in [4.78, 5) is 24.6. The van der Waals surface area contributed by atoms with E-state index < -0.39 is 23.1 Å². The summed E-state index contributed by atoms with van der Waals surface area (Å²) in [6.07, 6.45) is 0. The van der Waals surface area contributed by atoms with Gasteiger partial charge in [-0.1, -0.05) is 57.8 Å². The summed E-state index contributed by atoms with van der Waals surface area (Å²) in [6, 6.07) is 12.8. The van der Waals surface area contributed by atoms with Crippen molar-refractivity contribution in [2.24, 2.45) is 11.3 Å². The summed E-state index contributed by atoms with van der Waals surface area (Å²) in [5, 5.41) is 19.2. The molecular weight excluding hydrogens is 491 g/mol. The summed E-state index contributed by atoms with van der Waals surface area (Å²) >= 11 is 11.6. The van der Waals surface area contributed by atoms with E-state index in [9.17, 15) is 14.7 Å². The quantitative estimate of drug-likeness (QED) is 0.417. The molecule has 0 radical (unpaired) electrons. The van der Waals surface area contributed by atoms with Crippen LogP contribution in [0.3, 0.4) is 0 Å². The Kier molecular flexibility index (Phi) is 11.2. The Hall–Kier alpha value is -2.12. The maximum Gasteiger partial charge on any atom is 0.338 e. The van der Waals surface area contributed by atoms with Gasteiger partial charge in [0.15, 0.2) is 0 Å². The van der Waals surface area contributed by atoms with Gasteiger partial charge in [-0.2, -0.15) is 0 Å². The van der Waals surface area contributed by atoms with Crippen LogP contribution in [0.25, 0.3) is 0 Å². The Morgan fingerprint density at radius 1 is 0.829 bits per heavy atom. The van der Waals surface area contributed by atoms with Crippen molar-refractivity contribution in [2.45, 2.75) is 59.7 Å². The SMILES string of the molecule is CC(C)(C)C(C)(O)CO.CC(C)C(C)(COC(=O)c1ccc(Cl)cc1)OC(=O)c1ccc(Cl)cc1. The van der Waals surface area contributed by atoms with Crippen LogP contribution in [-0.4, -0.2) is 46.6 Å². The highest BCUT2D eigenvalue weighted by molar-refractivity contribution is 6.31. The van der Waals surface area contributed by atoms with Gasteiger partial charge in [0, 0.05) is 10.0 Å². The molecule has 2 rings (SSSR count). The average Bonchev–Trinajstić information content (AvgIpc) is 2.78. The number of benzene rings is 2. The molecule has 0 aliphatic carbocycles. The van der Waals surface area contributed by atoms with Crippen molar-refractivity contribution >= 4 is 35.1 Å². The molecule has 0 saturated carbocycles. The summed E-state index contributed by atoms with van der Waals surface area (Å²) < 4.78 is 11.0. The molecule has 0 spiro atoms. The third-order valence-corrected chi connectivity index (χ3v) is 6.62. The molecule has 0 amide bonds. The monoisotopic (exact) mass is 526 g/mol. The van der Waals surface area contributed by atoms with Crippen LogP contribution in [0.4, 0.5) is 0 Å². The highest BCUT2D eigenvalue weighted by Crippen LogP contribution is 2.29. The number of rotatable bonds is 7. The molecule has 0 saturated heterocycles. The van der Waals surface area contributed by atoms with Gasteiger partial charge in [0.25, 0.3) is 0 Å². The Labute approximate surface area is 218 Å². The van der Waals surface area contributed by atoms with E-state index in [4.69, 9.17) is 37.8 Å². The number of aliphatic hydroxyl groups excluding tert-OH is 1. The Morgan fingerprint density at radius 2 is 1.23 bits per heavy atom. The van der Waals surface area contributed by atoms with Crippen LogP contribution >= 0.6 is 23.2 Å². The minimum atomic E-state index is -0.973. The molecule has 6 nitrogen and oxygen atoms in total. The predicted molar refractivity (Wildman–Crippen MR) is 139 cm³/mol. The van der Waals surface area contributed by atoms with Gasteiger partial charge in [0.1, 0.15) is 12.2 Å². The van der Waals surface area contributed by atoms with Crippen LogP contribution in [0.5, 0.6) is 0 Å². The summed E-state index contributed by atoms with van der Waals surface area (Å²) in [6.45, 7) is 12.6. The van der Waals surface area contributed by atoms with Crippen LogP contribution in [0.15, 0.2) is 48.5 Å². The number of hydrogen-bond acceptors (Lipinski definition) is 6. The lowest BCUT2D eigenvalue weighted by molar-refractivity contribution is -0.0794. The van der Waals surface area contributed by atoms with Gasteiger partial charge in [0.05, 0.1) is 23.3 Å². The number of esters is 2. The van der Waals surface area contributed by atoms with Gasteiger partial charge in [-0.25, -0.2) is 9.59 Å². The lowest BCUT2D eigenvalue weighted by atomic mass is 9.78. The van der Waals surface area contributed by atoms with Crippen molar-refractivity contribution in [3.63, 3.8) is 0 Å². The highest BCUT2D eigenvalue weighted by atomic mass is 35.5. The van der Waals surface area contributed by atoms with Gasteiger partial charge in [-0.15, -0.1) is 0 Å². The highest BCUT2D eigenvalue weighted by Gasteiger charge is 2.35. The fourth-order valence-corrected chi connectivity index (χ4v) is 2.54. The molecule has 2 atom stereocenters. The lowest BCUT2D eigenvalue weighted by Crippen LogP contribution is -2.42. The second-order valence-corrected chi connectivity index (χ2v) is 11.0. The van der Waals surface area contributed by atoms with Gasteiger partial charge < -0.3 is 19.7 Å². The van der Waals surface area contributed by atoms with E-state index in [1.807, 2.05) is 34.6 Å². The van der Waals surface area contributed by atoms with E-state index in [1.165, 1.54) is 0 Å². The number of carbonyl (C=O) groups is 2. The number of carbonyl (C=O) groups excluding carboxylic acids is 2. The minimum absolute atomic E-state index is 0.0640. The zero-order valence-electron chi connectivity index (χ0n) is 21.4. The largest absolute Gasteiger partial charge is 0.458 e. The van der Waals surface area contributed by atoms with Crippen molar-refractivity contribution in [1.29, 1.82) is 0 Å². The summed E-state index contributed by atoms with van der Waals surface area (Å²) in [7, 11) is 0. The fourth-order valence-electron chi connectivity index (χ4n) is 2.29. The summed E-state index contributed by atoms with van der Waals surface area (Å²) in [5.41, 5.74) is -1.43. The first-order valence-electron chi connectivity index (χ1n) is 11.3. The fraction of sp³-hybridized carbons (Fsp3) is 0.481. The maximum absolute atomic E-state index is 12.4. The molecule has 8 heteroatoms. The van der Waals surface area contributed by atoms with E-state index in [0.29, 0.717) is 21.2 Å². The Bertz CT molecular complexity index is 963. The van der Waals surface area contributed by atoms with E-state index >= 15 is 0 Å². The minimum Gasteiger partial charge on any atom is -0.458 e. The molecule has 0 aliphatic heterocycles. The Balaban J connectivity index is 0.000000579. The third-order valence-electron chi connectivity index (χ3n) is 6.12. The smallest absolute Gasteiger partial charge is 0.338 e. The molecule has 0 heterocycles. The van der Waals surface area contributed by atoms with Crippen LogP contribution < -0.4 is 0 Å². The first-order chi connectivity index (χ1) is 16.0. The van der Waals surface area contributed by atoms with Crippen molar-refractivity contribution in [1.82, 2.24) is 0 Å². The molecule has 2 aromatic rings. The predicted octanol–water partition coefficient (Wildman–Crippen LogP) is 6.20. The molecule has 35 heavy (non-hydrogen) atoms. The van der Waals surface area contributed by atoms with E-state index in [1.54, 1.807) is 62.4 Å². The lowest BCUT2D eigenvalue weighted by Gasteiger charge is -2.35. The first kappa shape index (κ1) is 30.9. The van der Waals surface area contributed by atoms with Crippen molar-refractivity contribution < 1.29 is 29.3 Å². The zero-order valence-corrected chi connectivity index (χ0v) is 22.9. The van der Waals surface area contributed by atoms with Crippen molar-refractivity contribution in [3.8, 4) is 0 Å². The van der Waals surface area contributed by atoms with E-state index in [2.05, 4.69) is 0 Å². The number of halogens is 2. The third kappa shape index (κ3) is 9.45. The summed E-state index contributed by atoms with van der Waals surface area (Å²) in [5.74, 6) is -1.08. The second-order valence-electron chi connectivity index (χ2n) is 10.1. The van der Waals surface area contributed by atoms with Crippen LogP contribution in [0.2, 0.25) is 10.0 Å². The van der Waals surface area contributed by atoms with Crippen LogP contribution in [0.1, 0.15) is 69.2 Å². The Morgan fingerprint density at radius 3 is 1.54 bits per heavy atom. The molecule has 2 N–H and O–H groups in total. The molecule has 0 bridgehead atoms. The standard InChI is InChI=1S/C20H20Cl2O4.C7H16O2/c1-13(2)20(3,26-19(24)15-6-10-17(22)11-7-15)12-25-18(23)14-4-8-16(21)9-5-14;1-6(2,3)7(4,9)5-8/h4-11,13H,12H2,1-3H3;8-9H,5H2,1-4H3. The van der Waals surface area contributed by atoms with E-state index in [-0.39, 0.29) is 24.5 Å². The number of ether oxygens (including phenoxy) is 2. The van der Waals surface area contributed by atoms with Crippen LogP contribution in [0, 0.1) is 11.3 Å². The molecule has 0 aliphatic rings. The molecule has 0 aromatic heterocycles. The van der Waals surface area contributed by atoms with Gasteiger partial charge in [0.2, 0.25) is 0 Å². The van der Waals surface area contributed by atoms with E-state index in [0.717, 1.165) is 0 Å². The van der Waals surface area contributed by atoms with Crippen molar-refractivity contribution in [2.75, 3.05) is 13.2 Å². The maximum atomic E-state index is 12.4. The molecule has 194 valence electrons. The normalized spacial score (nSPS) is 14.7. The number of aliphatic hydroxyl groups is 2. The van der Waals surface area contributed by atoms with Crippen molar-refractivity contribution in [3.05, 3.63) is 69.7 Å². The van der Waals surface area contributed by atoms with Gasteiger partial charge >= 0.3 is 11.9 Å². The van der Waals surface area contributed by atoms with Gasteiger partial charge in [-0.05, 0) is 73.7 Å². The van der Waals surface area contributed by atoms with Gasteiger partial charge in [-0.3, -0.25) is 0 Å². The topological polar surface area (TPSA) is 93.1 Å². The second kappa shape index (κ2) is 12.7. The molecular formula is C27H36Cl2O6. The average molecular weight is 527 g/mol. The first-order valence-corrected chi connectivity index (χ1v) is 12.0. The van der Waals surface area contributed by atoms with Crippen LogP contribution in [-0.2, 0) is 9.47 Å². The molecule has 2 aromatic carbocycles. The number of hydrogen-bond donors (Lipinski definition) is 2. The zero-order chi connectivity index (χ0) is 27.0.